The first-order valence-electron chi connectivity index (χ1n) is 8.43. The Balaban J connectivity index is 1.53. The number of imidazole rings is 1. The Labute approximate surface area is 163 Å². The third-order valence-corrected chi connectivity index (χ3v) is 5.39. The summed E-state index contributed by atoms with van der Waals surface area (Å²) < 4.78 is 0. The summed E-state index contributed by atoms with van der Waals surface area (Å²) in [5.41, 5.74) is 2.26. The summed E-state index contributed by atoms with van der Waals surface area (Å²) in [6.07, 6.45) is 6.97. The van der Waals surface area contributed by atoms with Crippen molar-refractivity contribution >= 4 is 34.4 Å². The van der Waals surface area contributed by atoms with Gasteiger partial charge in [-0.15, -0.1) is 11.3 Å². The molecule has 0 bridgehead atoms. The summed E-state index contributed by atoms with van der Waals surface area (Å²) in [6.45, 7) is 0.561. The summed E-state index contributed by atoms with van der Waals surface area (Å²) in [5.74, 6) is -1.16. The lowest BCUT2D eigenvalue weighted by atomic mass is 10.3. The van der Waals surface area contributed by atoms with Crippen LogP contribution < -0.4 is 0 Å². The number of aromatic amines is 2. The molecule has 4 heterocycles. The number of carbonyl (C=O) groups excluding carboxylic acids is 1. The van der Waals surface area contributed by atoms with Gasteiger partial charge in [0.1, 0.15) is 11.1 Å². The van der Waals surface area contributed by atoms with E-state index in [1.165, 1.54) is 17.5 Å². The molecule has 0 aromatic carbocycles. The maximum absolute atomic E-state index is 12.7. The second kappa shape index (κ2) is 7.24. The van der Waals surface area contributed by atoms with Crippen LogP contribution in [0, 0.1) is 0 Å². The highest BCUT2D eigenvalue weighted by molar-refractivity contribution is 7.17. The largest absolute Gasteiger partial charge is 0.478 e. The van der Waals surface area contributed by atoms with Crippen molar-refractivity contribution in [1.29, 1.82) is 0 Å². The van der Waals surface area contributed by atoms with Gasteiger partial charge in [0.2, 0.25) is 0 Å². The molecule has 0 aliphatic rings. The first-order valence-corrected chi connectivity index (χ1v) is 9.25. The Hall–Kier alpha value is -3.53. The zero-order valence-electron chi connectivity index (χ0n) is 14.8. The predicted molar refractivity (Wildman–Crippen MR) is 103 cm³/mol. The highest BCUT2D eigenvalue weighted by Crippen LogP contribution is 2.28. The molecule has 4 aromatic heterocycles. The first kappa shape index (κ1) is 17.9. The highest BCUT2D eigenvalue weighted by atomic mass is 32.1. The van der Waals surface area contributed by atoms with Gasteiger partial charge in [-0.3, -0.25) is 4.79 Å². The summed E-state index contributed by atoms with van der Waals surface area (Å²) in [5, 5.41) is 9.25. The number of hydrogen-bond donors (Lipinski definition) is 3. The molecule has 142 valence electrons. The number of carboxylic acid groups (broad SMARTS) is 1. The zero-order chi connectivity index (χ0) is 19.7. The standard InChI is InChI=1S/C18H16N6O3S/c1-24(5-4-10-6-19-9-22-10)17(25)14-3-2-13(28-14)12-8-21-16-15(23-12)11(7-20-16)18(26)27/h2-3,6-9H,4-5H2,1H3,(H,19,22)(H,20,21)(H,26,27). The van der Waals surface area contributed by atoms with Crippen molar-refractivity contribution in [3.05, 3.63) is 53.2 Å². The van der Waals surface area contributed by atoms with Crippen LogP contribution in [0.3, 0.4) is 0 Å². The molecular formula is C18H16N6O3S. The molecule has 0 atom stereocenters. The Morgan fingerprint density at radius 2 is 2.11 bits per heavy atom. The molecule has 0 radical (unpaired) electrons. The lowest BCUT2D eigenvalue weighted by Crippen LogP contribution is -2.28. The number of carboxylic acids is 1. The molecule has 28 heavy (non-hydrogen) atoms. The molecule has 0 saturated carbocycles. The van der Waals surface area contributed by atoms with E-state index in [0.717, 1.165) is 10.6 Å². The second-order valence-electron chi connectivity index (χ2n) is 6.18. The molecule has 10 heteroatoms. The number of nitrogens with one attached hydrogen (secondary N) is 2. The van der Waals surface area contributed by atoms with Crippen LogP contribution in [0.5, 0.6) is 0 Å². The Morgan fingerprint density at radius 1 is 1.25 bits per heavy atom. The van der Waals surface area contributed by atoms with Crippen LogP contribution in [0.4, 0.5) is 0 Å². The number of carbonyl (C=O) groups is 2. The smallest absolute Gasteiger partial charge is 0.339 e. The van der Waals surface area contributed by atoms with Gasteiger partial charge < -0.3 is 20.0 Å². The number of aromatic carboxylic acids is 1. The lowest BCUT2D eigenvalue weighted by Gasteiger charge is -2.15. The minimum absolute atomic E-state index is 0.0655. The van der Waals surface area contributed by atoms with E-state index < -0.39 is 5.97 Å². The molecule has 4 aromatic rings. The van der Waals surface area contributed by atoms with Crippen LogP contribution in [0.1, 0.15) is 25.7 Å². The quantitative estimate of drug-likeness (QED) is 0.459. The van der Waals surface area contributed by atoms with Crippen LogP contribution in [-0.4, -0.2) is 60.4 Å². The minimum Gasteiger partial charge on any atom is -0.478 e. The van der Waals surface area contributed by atoms with Gasteiger partial charge in [0, 0.05) is 38.1 Å². The molecule has 1 amide bonds. The topological polar surface area (TPSA) is 128 Å². The molecule has 9 nitrogen and oxygen atoms in total. The fourth-order valence-electron chi connectivity index (χ4n) is 2.76. The van der Waals surface area contributed by atoms with Crippen LogP contribution in [0.15, 0.2) is 37.1 Å². The predicted octanol–water partition coefficient (Wildman–Crippen LogP) is 2.42. The van der Waals surface area contributed by atoms with Gasteiger partial charge in [-0.1, -0.05) is 0 Å². The minimum atomic E-state index is -1.07. The van der Waals surface area contributed by atoms with Crippen LogP contribution >= 0.6 is 11.3 Å². The van der Waals surface area contributed by atoms with Crippen molar-refractivity contribution in [3.63, 3.8) is 0 Å². The fraction of sp³-hybridized carbons (Fsp3) is 0.167. The molecule has 0 aliphatic carbocycles. The number of nitrogens with zero attached hydrogens (tertiary/aromatic N) is 4. The number of fused-ring (bicyclic) bond motifs is 1. The number of amides is 1. The number of hydrogen-bond acceptors (Lipinski definition) is 6. The van der Waals surface area contributed by atoms with Crippen LogP contribution in [-0.2, 0) is 6.42 Å². The van der Waals surface area contributed by atoms with Crippen LogP contribution in [0.25, 0.3) is 21.7 Å². The van der Waals surface area contributed by atoms with Crippen molar-refractivity contribution in [2.45, 2.75) is 6.42 Å². The maximum Gasteiger partial charge on any atom is 0.339 e. The number of aromatic nitrogens is 5. The lowest BCUT2D eigenvalue weighted by molar-refractivity contribution is 0.0698. The van der Waals surface area contributed by atoms with E-state index in [2.05, 4.69) is 24.9 Å². The van der Waals surface area contributed by atoms with E-state index in [4.69, 9.17) is 0 Å². The van der Waals surface area contributed by atoms with Crippen molar-refractivity contribution in [1.82, 2.24) is 29.8 Å². The monoisotopic (exact) mass is 396 g/mol. The average Bonchev–Trinajstić information content (AvgIpc) is 3.45. The van der Waals surface area contributed by atoms with Crippen molar-refractivity contribution in [3.8, 4) is 10.6 Å². The molecular weight excluding hydrogens is 380 g/mol. The van der Waals surface area contributed by atoms with E-state index in [9.17, 15) is 14.7 Å². The molecule has 0 saturated heterocycles. The second-order valence-corrected chi connectivity index (χ2v) is 7.26. The third-order valence-electron chi connectivity index (χ3n) is 4.30. The van der Waals surface area contributed by atoms with Gasteiger partial charge in [-0.25, -0.2) is 19.7 Å². The van der Waals surface area contributed by atoms with Crippen molar-refractivity contribution < 1.29 is 14.7 Å². The van der Waals surface area contributed by atoms with E-state index in [1.807, 2.05) is 0 Å². The molecule has 0 spiro atoms. The molecule has 3 N–H and O–H groups in total. The van der Waals surface area contributed by atoms with E-state index in [1.54, 1.807) is 42.8 Å². The van der Waals surface area contributed by atoms with Gasteiger partial charge in [0.25, 0.3) is 5.91 Å². The SMILES string of the molecule is CN(CCc1cnc[nH]1)C(=O)c1ccc(-c2cnc3[nH]cc(C(=O)O)c3n2)s1. The number of H-pyrrole nitrogens is 2. The van der Waals surface area contributed by atoms with Crippen molar-refractivity contribution in [2.24, 2.45) is 0 Å². The van der Waals surface area contributed by atoms with Gasteiger partial charge in [-0.05, 0) is 12.1 Å². The number of likely N-dealkylation sites (N-methyl/N-ethyl adjacent to an activating group) is 1. The van der Waals surface area contributed by atoms with Crippen molar-refractivity contribution in [2.75, 3.05) is 13.6 Å². The summed E-state index contributed by atoms with van der Waals surface area (Å²) in [4.78, 5) is 45.4. The Bertz CT molecular complexity index is 1150. The van der Waals surface area contributed by atoms with Gasteiger partial charge >= 0.3 is 5.97 Å². The summed E-state index contributed by atoms with van der Waals surface area (Å²) in [7, 11) is 1.75. The van der Waals surface area contributed by atoms with E-state index >= 15 is 0 Å². The highest BCUT2D eigenvalue weighted by Gasteiger charge is 2.18. The summed E-state index contributed by atoms with van der Waals surface area (Å²) in [6, 6.07) is 3.54. The zero-order valence-corrected chi connectivity index (χ0v) is 15.7. The first-order chi connectivity index (χ1) is 13.5. The van der Waals surface area contributed by atoms with Gasteiger partial charge in [-0.2, -0.15) is 0 Å². The molecule has 0 unspecified atom stereocenters. The Kier molecular flexibility index (Phi) is 4.62. The normalized spacial score (nSPS) is 11.0. The van der Waals surface area contributed by atoms with E-state index in [0.29, 0.717) is 34.7 Å². The third kappa shape index (κ3) is 3.37. The number of thiophene rings is 1. The average molecular weight is 396 g/mol. The summed E-state index contributed by atoms with van der Waals surface area (Å²) >= 11 is 1.30. The van der Waals surface area contributed by atoms with Crippen LogP contribution in [0.2, 0.25) is 0 Å². The maximum atomic E-state index is 12.7. The molecule has 0 aliphatic heterocycles. The number of rotatable bonds is 6. The van der Waals surface area contributed by atoms with Gasteiger partial charge in [0.05, 0.1) is 28.0 Å². The van der Waals surface area contributed by atoms with Gasteiger partial charge in [0.15, 0.2) is 5.65 Å². The molecule has 0 fully saturated rings. The van der Waals surface area contributed by atoms with E-state index in [-0.39, 0.29) is 11.5 Å². The fourth-order valence-corrected chi connectivity index (χ4v) is 3.72. The molecule has 4 rings (SSSR count). The Morgan fingerprint density at radius 3 is 2.86 bits per heavy atom.